The van der Waals surface area contributed by atoms with E-state index in [0.29, 0.717) is 28.2 Å². The topological polar surface area (TPSA) is 106 Å². The minimum atomic E-state index is -4.65. The molecule has 2 amide bonds. The van der Waals surface area contributed by atoms with Crippen LogP contribution in [0.25, 0.3) is 11.0 Å². The molecule has 0 aliphatic rings. The summed E-state index contributed by atoms with van der Waals surface area (Å²) in [7, 11) is 0. The summed E-state index contributed by atoms with van der Waals surface area (Å²) in [6.07, 6.45) is -3.20. The minimum absolute atomic E-state index is 0.0729. The largest absolute Gasteiger partial charge is 0.474 e. The third-order valence-electron chi connectivity index (χ3n) is 4.69. The lowest BCUT2D eigenvalue weighted by atomic mass is 10.2. The van der Waals surface area contributed by atoms with Gasteiger partial charge in [0.15, 0.2) is 0 Å². The summed E-state index contributed by atoms with van der Waals surface area (Å²) >= 11 is 5.61. The van der Waals surface area contributed by atoms with Crippen molar-refractivity contribution in [3.8, 4) is 17.4 Å². The smallest absolute Gasteiger partial charge is 0.417 e. The zero-order valence-corrected chi connectivity index (χ0v) is 19.1. The number of anilines is 2. The highest BCUT2D eigenvalue weighted by Gasteiger charge is 2.33. The summed E-state index contributed by atoms with van der Waals surface area (Å²) in [6.45, 7) is -0.0647. The maximum atomic E-state index is 13.0. The number of alkyl halides is 3. The fourth-order valence-corrected chi connectivity index (χ4v) is 3.37. The molecule has 12 heteroatoms. The van der Waals surface area contributed by atoms with Crippen LogP contribution in [0, 0.1) is 0 Å². The zero-order valence-electron chi connectivity index (χ0n) is 18.3. The molecule has 4 aromatic rings. The number of carbonyl (C=O) groups is 1. The Morgan fingerprint density at radius 2 is 1.72 bits per heavy atom. The van der Waals surface area contributed by atoms with Gasteiger partial charge in [-0.05, 0) is 42.5 Å². The molecule has 0 bridgehead atoms. The number of hydrogen-bond donors (Lipinski definition) is 3. The SMILES string of the molecule is O=C(Nc1cccc(Oc2ccc3ncc(OCCO)nc3c2)c1)Nc1ccc(Cl)c(C(F)(F)F)c1. The molecule has 0 saturated heterocycles. The summed E-state index contributed by atoms with van der Waals surface area (Å²) in [5.74, 6) is 1.09. The third kappa shape index (κ3) is 6.32. The van der Waals surface area contributed by atoms with Crippen LogP contribution in [0.1, 0.15) is 5.56 Å². The summed E-state index contributed by atoms with van der Waals surface area (Å²) in [4.78, 5) is 20.9. The quantitative estimate of drug-likeness (QED) is 0.272. The summed E-state index contributed by atoms with van der Waals surface area (Å²) in [6, 6.07) is 13.8. The molecule has 36 heavy (non-hydrogen) atoms. The lowest BCUT2D eigenvalue weighted by Gasteiger charge is -2.13. The molecule has 8 nitrogen and oxygen atoms in total. The number of halogens is 4. The van der Waals surface area contributed by atoms with Crippen molar-refractivity contribution in [2.24, 2.45) is 0 Å². The highest BCUT2D eigenvalue weighted by Crippen LogP contribution is 2.36. The van der Waals surface area contributed by atoms with Crippen LogP contribution in [0.4, 0.5) is 29.3 Å². The van der Waals surface area contributed by atoms with Crippen molar-refractivity contribution in [3.05, 3.63) is 77.4 Å². The van der Waals surface area contributed by atoms with Crippen molar-refractivity contribution >= 4 is 40.0 Å². The third-order valence-corrected chi connectivity index (χ3v) is 5.02. The van der Waals surface area contributed by atoms with Crippen LogP contribution in [0.5, 0.6) is 17.4 Å². The first-order chi connectivity index (χ1) is 17.2. The van der Waals surface area contributed by atoms with Gasteiger partial charge in [0, 0.05) is 23.5 Å². The second-order valence-corrected chi connectivity index (χ2v) is 7.74. The van der Waals surface area contributed by atoms with Crippen molar-refractivity contribution in [3.63, 3.8) is 0 Å². The van der Waals surface area contributed by atoms with Gasteiger partial charge in [-0.1, -0.05) is 17.7 Å². The molecule has 0 fully saturated rings. The number of carbonyl (C=O) groups excluding carboxylic acids is 1. The molecule has 3 aromatic carbocycles. The molecule has 0 atom stereocenters. The van der Waals surface area contributed by atoms with Crippen LogP contribution in [-0.2, 0) is 6.18 Å². The van der Waals surface area contributed by atoms with Gasteiger partial charge in [-0.15, -0.1) is 0 Å². The standard InChI is InChI=1S/C24H18ClF3N4O4/c25-19-6-4-15(11-18(19)24(26,27)28)31-23(34)30-14-2-1-3-16(10-14)36-17-5-7-20-21(12-17)32-22(13-29-20)35-9-8-33/h1-7,10-13,33H,8-9H2,(H2,30,31,34). The van der Waals surface area contributed by atoms with E-state index < -0.39 is 22.8 Å². The highest BCUT2D eigenvalue weighted by atomic mass is 35.5. The van der Waals surface area contributed by atoms with Gasteiger partial charge in [0.05, 0.1) is 34.4 Å². The van der Waals surface area contributed by atoms with Gasteiger partial charge in [-0.25, -0.2) is 14.8 Å². The van der Waals surface area contributed by atoms with Crippen LogP contribution in [-0.4, -0.2) is 34.3 Å². The Morgan fingerprint density at radius 3 is 2.47 bits per heavy atom. The molecular formula is C24H18ClF3N4O4. The van der Waals surface area contributed by atoms with E-state index in [1.807, 2.05) is 0 Å². The number of amides is 2. The van der Waals surface area contributed by atoms with Crippen molar-refractivity contribution in [1.29, 1.82) is 0 Å². The number of aromatic nitrogens is 2. The van der Waals surface area contributed by atoms with Crippen LogP contribution in [0.2, 0.25) is 5.02 Å². The van der Waals surface area contributed by atoms with E-state index in [0.717, 1.165) is 12.1 Å². The molecule has 0 saturated carbocycles. The van der Waals surface area contributed by atoms with Crippen LogP contribution >= 0.6 is 11.6 Å². The maximum Gasteiger partial charge on any atom is 0.417 e. The predicted molar refractivity (Wildman–Crippen MR) is 128 cm³/mol. The van der Waals surface area contributed by atoms with Crippen molar-refractivity contribution in [1.82, 2.24) is 9.97 Å². The van der Waals surface area contributed by atoms with E-state index in [1.165, 1.54) is 12.3 Å². The number of rotatable bonds is 7. The molecule has 0 aliphatic heterocycles. The van der Waals surface area contributed by atoms with E-state index in [-0.39, 0.29) is 24.8 Å². The number of benzene rings is 3. The normalized spacial score (nSPS) is 11.2. The average molecular weight is 519 g/mol. The number of urea groups is 1. The van der Waals surface area contributed by atoms with Crippen molar-refractivity contribution < 1.29 is 32.5 Å². The zero-order chi connectivity index (χ0) is 25.7. The van der Waals surface area contributed by atoms with E-state index in [1.54, 1.807) is 42.5 Å². The number of nitrogens with zero attached hydrogens (tertiary/aromatic N) is 2. The lowest BCUT2D eigenvalue weighted by Crippen LogP contribution is -2.20. The molecule has 4 rings (SSSR count). The number of ether oxygens (including phenoxy) is 2. The van der Waals surface area contributed by atoms with E-state index >= 15 is 0 Å². The molecular weight excluding hydrogens is 501 g/mol. The van der Waals surface area contributed by atoms with E-state index in [4.69, 9.17) is 26.2 Å². The van der Waals surface area contributed by atoms with Gasteiger partial charge in [0.25, 0.3) is 0 Å². The summed E-state index contributed by atoms with van der Waals surface area (Å²) in [5, 5.41) is 13.3. The molecule has 0 radical (unpaired) electrons. The number of fused-ring (bicyclic) bond motifs is 1. The van der Waals surface area contributed by atoms with Crippen LogP contribution < -0.4 is 20.1 Å². The summed E-state index contributed by atoms with van der Waals surface area (Å²) in [5.41, 5.74) is 0.343. The van der Waals surface area contributed by atoms with E-state index in [2.05, 4.69) is 20.6 Å². The minimum Gasteiger partial charge on any atom is -0.474 e. The monoisotopic (exact) mass is 518 g/mol. The fourth-order valence-electron chi connectivity index (χ4n) is 3.14. The van der Waals surface area contributed by atoms with Gasteiger partial charge in [-0.2, -0.15) is 13.2 Å². The van der Waals surface area contributed by atoms with Crippen LogP contribution in [0.3, 0.4) is 0 Å². The average Bonchev–Trinajstić information content (AvgIpc) is 2.83. The Balaban J connectivity index is 1.44. The number of hydrogen-bond acceptors (Lipinski definition) is 6. The predicted octanol–water partition coefficient (Wildman–Crippen LogP) is 6.11. The van der Waals surface area contributed by atoms with Gasteiger partial charge in [-0.3, -0.25) is 0 Å². The lowest BCUT2D eigenvalue weighted by molar-refractivity contribution is -0.137. The molecule has 0 unspecified atom stereocenters. The van der Waals surface area contributed by atoms with Gasteiger partial charge in [0.2, 0.25) is 5.88 Å². The second-order valence-electron chi connectivity index (χ2n) is 7.33. The van der Waals surface area contributed by atoms with Gasteiger partial charge < -0.3 is 25.2 Å². The van der Waals surface area contributed by atoms with Crippen molar-refractivity contribution in [2.75, 3.05) is 23.8 Å². The van der Waals surface area contributed by atoms with Gasteiger partial charge in [0.1, 0.15) is 18.1 Å². The molecule has 1 aromatic heterocycles. The van der Waals surface area contributed by atoms with Crippen molar-refractivity contribution in [2.45, 2.75) is 6.18 Å². The Kier molecular flexibility index (Phi) is 7.41. The highest BCUT2D eigenvalue weighted by molar-refractivity contribution is 6.31. The number of aliphatic hydroxyl groups excluding tert-OH is 1. The fraction of sp³-hybridized carbons (Fsp3) is 0.125. The number of aliphatic hydroxyl groups is 1. The first-order valence-corrected chi connectivity index (χ1v) is 10.8. The molecule has 1 heterocycles. The molecule has 0 spiro atoms. The molecule has 186 valence electrons. The molecule has 0 aliphatic carbocycles. The Labute approximate surface area is 207 Å². The first kappa shape index (κ1) is 25.0. The van der Waals surface area contributed by atoms with Gasteiger partial charge >= 0.3 is 12.2 Å². The Hall–Kier alpha value is -4.09. The Bertz CT molecular complexity index is 1400. The maximum absolute atomic E-state index is 13.0. The summed E-state index contributed by atoms with van der Waals surface area (Å²) < 4.78 is 50.3. The number of nitrogens with one attached hydrogen (secondary N) is 2. The molecule has 3 N–H and O–H groups in total. The van der Waals surface area contributed by atoms with Crippen LogP contribution in [0.15, 0.2) is 66.9 Å². The Morgan fingerprint density at radius 1 is 0.972 bits per heavy atom. The van der Waals surface area contributed by atoms with E-state index in [9.17, 15) is 18.0 Å². The second kappa shape index (κ2) is 10.7. The first-order valence-electron chi connectivity index (χ1n) is 10.4.